The number of hydrogen-bond acceptors (Lipinski definition) is 4. The molecule has 1 aromatic carbocycles. The molecule has 2 fully saturated rings. The second-order valence-corrected chi connectivity index (χ2v) is 6.49. The lowest BCUT2D eigenvalue weighted by Crippen LogP contribution is -2.45. The van der Waals surface area contributed by atoms with E-state index in [1.165, 1.54) is 12.1 Å². The molecule has 2 aliphatic heterocycles. The van der Waals surface area contributed by atoms with Crippen LogP contribution in [0.3, 0.4) is 0 Å². The molecule has 0 aliphatic carbocycles. The van der Waals surface area contributed by atoms with Gasteiger partial charge in [0, 0.05) is 31.6 Å². The van der Waals surface area contributed by atoms with E-state index in [-0.39, 0.29) is 30.3 Å². The van der Waals surface area contributed by atoms with Crippen LogP contribution in [0.15, 0.2) is 24.3 Å². The standard InChI is InChI=1S/C17H23FN2O2.CH2O2/c1-12-9-20-10-15(8-16(20)11-22-12)19-17(21)6-5-13-3-2-4-14(18)7-13;2-1-3/h2-4,7,12,15-16H,5-6,8-11H2,1H3,(H,19,21);1H,(H,2,3)/t12-,15-,16+;/m1./s1. The normalized spacial score (nSPS) is 25.4. The van der Waals surface area contributed by atoms with Crippen LogP contribution in [0.4, 0.5) is 4.39 Å². The molecule has 7 heteroatoms. The van der Waals surface area contributed by atoms with Crippen LogP contribution in [0.1, 0.15) is 25.3 Å². The molecule has 2 heterocycles. The number of aryl methyl sites for hydroxylation is 1. The lowest BCUT2D eigenvalue weighted by molar-refractivity contribution is -0.123. The molecule has 0 aromatic heterocycles. The van der Waals surface area contributed by atoms with Gasteiger partial charge in [-0.15, -0.1) is 0 Å². The predicted molar refractivity (Wildman–Crippen MR) is 90.7 cm³/mol. The molecule has 1 aromatic rings. The Kier molecular flexibility index (Phi) is 7.33. The summed E-state index contributed by atoms with van der Waals surface area (Å²) in [5.74, 6) is -0.206. The van der Waals surface area contributed by atoms with E-state index in [1.54, 1.807) is 6.07 Å². The van der Waals surface area contributed by atoms with Crippen molar-refractivity contribution < 1.29 is 23.8 Å². The largest absolute Gasteiger partial charge is 0.483 e. The fourth-order valence-electron chi connectivity index (χ4n) is 3.39. The van der Waals surface area contributed by atoms with E-state index in [0.29, 0.717) is 18.9 Å². The van der Waals surface area contributed by atoms with Gasteiger partial charge in [-0.3, -0.25) is 14.5 Å². The number of carbonyl (C=O) groups excluding carboxylic acids is 1. The number of morpholine rings is 1. The van der Waals surface area contributed by atoms with Gasteiger partial charge < -0.3 is 15.2 Å². The summed E-state index contributed by atoms with van der Waals surface area (Å²) in [4.78, 5) is 22.8. The highest BCUT2D eigenvalue weighted by Gasteiger charge is 2.36. The summed E-state index contributed by atoms with van der Waals surface area (Å²) in [6.07, 6.45) is 2.21. The Bertz CT molecular complexity index is 584. The number of amides is 1. The van der Waals surface area contributed by atoms with Crippen LogP contribution < -0.4 is 5.32 Å². The summed E-state index contributed by atoms with van der Waals surface area (Å²) in [6.45, 7) is 4.45. The Morgan fingerprint density at radius 3 is 2.96 bits per heavy atom. The molecule has 0 saturated carbocycles. The van der Waals surface area contributed by atoms with Gasteiger partial charge in [0.15, 0.2) is 0 Å². The zero-order valence-electron chi connectivity index (χ0n) is 14.4. The average molecular weight is 352 g/mol. The highest BCUT2D eigenvalue weighted by molar-refractivity contribution is 5.76. The molecule has 1 amide bonds. The molecule has 2 N–H and O–H groups in total. The summed E-state index contributed by atoms with van der Waals surface area (Å²) < 4.78 is 18.8. The number of benzene rings is 1. The van der Waals surface area contributed by atoms with E-state index < -0.39 is 0 Å². The molecule has 0 bridgehead atoms. The van der Waals surface area contributed by atoms with Gasteiger partial charge in [-0.25, -0.2) is 4.39 Å². The summed E-state index contributed by atoms with van der Waals surface area (Å²) >= 11 is 0. The number of hydrogen-bond donors (Lipinski definition) is 2. The summed E-state index contributed by atoms with van der Waals surface area (Å²) in [7, 11) is 0. The van der Waals surface area contributed by atoms with Crippen LogP contribution in [0.2, 0.25) is 0 Å². The van der Waals surface area contributed by atoms with Gasteiger partial charge in [-0.1, -0.05) is 12.1 Å². The molecule has 6 nitrogen and oxygen atoms in total. The molecule has 25 heavy (non-hydrogen) atoms. The first-order valence-electron chi connectivity index (χ1n) is 8.49. The van der Waals surface area contributed by atoms with Crippen molar-refractivity contribution in [1.29, 1.82) is 0 Å². The van der Waals surface area contributed by atoms with Crippen molar-refractivity contribution in [3.63, 3.8) is 0 Å². The molecule has 0 radical (unpaired) electrons. The number of carbonyl (C=O) groups is 2. The number of nitrogens with one attached hydrogen (secondary N) is 1. The molecule has 3 atom stereocenters. The third-order valence-electron chi connectivity index (χ3n) is 4.49. The van der Waals surface area contributed by atoms with Gasteiger partial charge in [0.1, 0.15) is 5.82 Å². The molecule has 138 valence electrons. The van der Waals surface area contributed by atoms with Gasteiger partial charge in [0.05, 0.1) is 12.7 Å². The van der Waals surface area contributed by atoms with E-state index in [9.17, 15) is 9.18 Å². The third-order valence-corrected chi connectivity index (χ3v) is 4.49. The minimum absolute atomic E-state index is 0.0445. The zero-order chi connectivity index (χ0) is 18.2. The van der Waals surface area contributed by atoms with Gasteiger partial charge >= 0.3 is 0 Å². The van der Waals surface area contributed by atoms with Crippen LogP contribution in [0.25, 0.3) is 0 Å². The first kappa shape index (κ1) is 19.3. The summed E-state index contributed by atoms with van der Waals surface area (Å²) in [5, 5.41) is 9.99. The highest BCUT2D eigenvalue weighted by Crippen LogP contribution is 2.23. The van der Waals surface area contributed by atoms with E-state index in [0.717, 1.165) is 31.7 Å². The van der Waals surface area contributed by atoms with Gasteiger partial charge in [-0.05, 0) is 37.5 Å². The van der Waals surface area contributed by atoms with Crippen LogP contribution in [-0.4, -0.2) is 60.3 Å². The first-order valence-corrected chi connectivity index (χ1v) is 8.49. The van der Waals surface area contributed by atoms with Crippen molar-refractivity contribution in [2.24, 2.45) is 0 Å². The summed E-state index contributed by atoms with van der Waals surface area (Å²) in [6, 6.07) is 7.08. The van der Waals surface area contributed by atoms with Crippen LogP contribution in [0.5, 0.6) is 0 Å². The monoisotopic (exact) mass is 352 g/mol. The predicted octanol–water partition coefficient (Wildman–Crippen LogP) is 1.44. The molecule has 2 saturated heterocycles. The first-order chi connectivity index (χ1) is 12.0. The number of halogens is 1. The van der Waals surface area contributed by atoms with Crippen molar-refractivity contribution in [2.45, 2.75) is 44.4 Å². The number of ether oxygens (including phenoxy) is 1. The van der Waals surface area contributed by atoms with E-state index in [2.05, 4.69) is 17.1 Å². The summed E-state index contributed by atoms with van der Waals surface area (Å²) in [5.41, 5.74) is 0.862. The van der Waals surface area contributed by atoms with Gasteiger partial charge in [-0.2, -0.15) is 0 Å². The Balaban J connectivity index is 0.000000701. The average Bonchev–Trinajstić information content (AvgIpc) is 2.95. The Labute approximate surface area is 147 Å². The lowest BCUT2D eigenvalue weighted by atomic mass is 10.1. The number of nitrogens with zero attached hydrogens (tertiary/aromatic N) is 1. The third kappa shape index (κ3) is 6.10. The smallest absolute Gasteiger partial charge is 0.290 e. The van der Waals surface area contributed by atoms with Crippen LogP contribution in [0, 0.1) is 5.82 Å². The highest BCUT2D eigenvalue weighted by atomic mass is 19.1. The topological polar surface area (TPSA) is 78.9 Å². The zero-order valence-corrected chi connectivity index (χ0v) is 14.4. The Morgan fingerprint density at radius 2 is 2.24 bits per heavy atom. The number of carboxylic acid groups (broad SMARTS) is 1. The Hall–Kier alpha value is -1.99. The SMILES string of the molecule is C[C@@H]1CN2C[C@H](NC(=O)CCc3cccc(F)c3)C[C@H]2CO1.O=CO. The van der Waals surface area contributed by atoms with E-state index in [4.69, 9.17) is 14.6 Å². The maximum absolute atomic E-state index is 13.1. The maximum atomic E-state index is 13.1. The maximum Gasteiger partial charge on any atom is 0.290 e. The van der Waals surface area contributed by atoms with Gasteiger partial charge in [0.2, 0.25) is 5.91 Å². The molecular formula is C18H25FN2O4. The van der Waals surface area contributed by atoms with Crippen molar-refractivity contribution >= 4 is 12.4 Å². The van der Waals surface area contributed by atoms with Crippen LogP contribution >= 0.6 is 0 Å². The van der Waals surface area contributed by atoms with Crippen molar-refractivity contribution in [1.82, 2.24) is 10.2 Å². The minimum atomic E-state index is -0.250. The second kappa shape index (κ2) is 9.48. The van der Waals surface area contributed by atoms with Crippen molar-refractivity contribution in [2.75, 3.05) is 19.7 Å². The fraction of sp³-hybridized carbons (Fsp3) is 0.556. The van der Waals surface area contributed by atoms with Crippen LogP contribution in [-0.2, 0) is 20.7 Å². The number of fused-ring (bicyclic) bond motifs is 1. The Morgan fingerprint density at radius 1 is 1.48 bits per heavy atom. The second-order valence-electron chi connectivity index (χ2n) is 6.49. The molecule has 0 spiro atoms. The molecule has 0 unspecified atom stereocenters. The van der Waals surface area contributed by atoms with E-state index >= 15 is 0 Å². The van der Waals surface area contributed by atoms with Gasteiger partial charge in [0.25, 0.3) is 6.47 Å². The van der Waals surface area contributed by atoms with E-state index in [1.807, 2.05) is 6.07 Å². The minimum Gasteiger partial charge on any atom is -0.483 e. The molecular weight excluding hydrogens is 327 g/mol. The van der Waals surface area contributed by atoms with Crippen molar-refractivity contribution in [3.8, 4) is 0 Å². The lowest BCUT2D eigenvalue weighted by Gasteiger charge is -2.33. The quantitative estimate of drug-likeness (QED) is 0.802. The number of rotatable bonds is 4. The molecule has 3 rings (SSSR count). The molecule has 2 aliphatic rings. The van der Waals surface area contributed by atoms with Crippen molar-refractivity contribution in [3.05, 3.63) is 35.6 Å². The fourth-order valence-corrected chi connectivity index (χ4v) is 3.39.